The van der Waals surface area contributed by atoms with Gasteiger partial charge in [-0.1, -0.05) is 17.8 Å². The Hall–Kier alpha value is -1.17. The van der Waals surface area contributed by atoms with Crippen LogP contribution in [0.4, 0.5) is 5.13 Å². The quantitative estimate of drug-likeness (QED) is 0.891. The second-order valence-corrected chi connectivity index (χ2v) is 5.22. The van der Waals surface area contributed by atoms with Gasteiger partial charge in [-0.3, -0.25) is 4.79 Å². The van der Waals surface area contributed by atoms with Gasteiger partial charge < -0.3 is 10.2 Å². The van der Waals surface area contributed by atoms with E-state index in [4.69, 9.17) is 0 Å². The number of rotatable bonds is 4. The van der Waals surface area contributed by atoms with Crippen LogP contribution in [-0.4, -0.2) is 34.1 Å². The van der Waals surface area contributed by atoms with Crippen molar-refractivity contribution in [2.45, 2.75) is 39.2 Å². The number of carbonyl (C=O) groups excluding carboxylic acids is 1. The molecule has 2 rings (SSSR count). The van der Waals surface area contributed by atoms with Gasteiger partial charge in [0, 0.05) is 19.5 Å². The first kappa shape index (κ1) is 12.3. The molecule has 17 heavy (non-hydrogen) atoms. The predicted octanol–water partition coefficient (Wildman–Crippen LogP) is 1.87. The average molecular weight is 254 g/mol. The summed E-state index contributed by atoms with van der Waals surface area (Å²) >= 11 is 1.53. The molecule has 1 N–H and O–H groups in total. The van der Waals surface area contributed by atoms with Crippen molar-refractivity contribution in [2.75, 3.05) is 18.4 Å². The molecule has 1 aliphatic rings. The third-order valence-corrected chi connectivity index (χ3v) is 3.66. The Bertz CT molecular complexity index is 379. The van der Waals surface area contributed by atoms with Gasteiger partial charge in [-0.05, 0) is 19.8 Å². The van der Waals surface area contributed by atoms with Crippen molar-refractivity contribution < 1.29 is 4.79 Å². The van der Waals surface area contributed by atoms with Crippen molar-refractivity contribution in [2.24, 2.45) is 0 Å². The van der Waals surface area contributed by atoms with Crippen LogP contribution in [-0.2, 0) is 11.3 Å². The van der Waals surface area contributed by atoms with E-state index in [-0.39, 0.29) is 5.91 Å². The minimum atomic E-state index is 0.253. The van der Waals surface area contributed by atoms with Gasteiger partial charge in [0.1, 0.15) is 5.01 Å². The molecular weight excluding hydrogens is 236 g/mol. The second-order valence-electron chi connectivity index (χ2n) is 4.16. The fraction of sp³-hybridized carbons (Fsp3) is 0.727. The van der Waals surface area contributed by atoms with Crippen molar-refractivity contribution in [3.05, 3.63) is 5.01 Å². The molecule has 1 aromatic rings. The standard InChI is InChI=1S/C11H18N4OS/c1-2-12-11-14-13-9(17-11)8-15-7-5-3-4-6-10(15)16/h2-8H2,1H3,(H,12,14). The largest absolute Gasteiger partial charge is 0.360 e. The Morgan fingerprint density at radius 3 is 3.06 bits per heavy atom. The summed E-state index contributed by atoms with van der Waals surface area (Å²) in [5.41, 5.74) is 0. The number of hydrogen-bond acceptors (Lipinski definition) is 5. The van der Waals surface area contributed by atoms with Crippen LogP contribution < -0.4 is 5.32 Å². The van der Waals surface area contributed by atoms with Crippen LogP contribution in [0.5, 0.6) is 0 Å². The van der Waals surface area contributed by atoms with E-state index in [1.165, 1.54) is 11.3 Å². The zero-order chi connectivity index (χ0) is 12.1. The third kappa shape index (κ3) is 3.39. The van der Waals surface area contributed by atoms with Crippen molar-refractivity contribution in [3.8, 4) is 0 Å². The molecule has 94 valence electrons. The van der Waals surface area contributed by atoms with Gasteiger partial charge in [0.25, 0.3) is 0 Å². The van der Waals surface area contributed by atoms with E-state index in [0.717, 1.165) is 42.5 Å². The summed E-state index contributed by atoms with van der Waals surface area (Å²) in [5, 5.41) is 13.0. The monoisotopic (exact) mass is 254 g/mol. The van der Waals surface area contributed by atoms with Crippen LogP contribution in [0.2, 0.25) is 0 Å². The zero-order valence-electron chi connectivity index (χ0n) is 10.1. The molecule has 0 aromatic carbocycles. The summed E-state index contributed by atoms with van der Waals surface area (Å²) in [4.78, 5) is 13.7. The lowest BCUT2D eigenvalue weighted by Gasteiger charge is -2.18. The molecule has 1 aromatic heterocycles. The average Bonchev–Trinajstić information content (AvgIpc) is 2.65. The number of likely N-dealkylation sites (tertiary alicyclic amines) is 1. The molecule has 0 radical (unpaired) electrons. The SMILES string of the molecule is CCNc1nnc(CN2CCCCCC2=O)s1. The van der Waals surface area contributed by atoms with Crippen LogP contribution in [0.25, 0.3) is 0 Å². The highest BCUT2D eigenvalue weighted by molar-refractivity contribution is 7.15. The van der Waals surface area contributed by atoms with E-state index < -0.39 is 0 Å². The summed E-state index contributed by atoms with van der Waals surface area (Å²) in [6.45, 7) is 4.34. The Morgan fingerprint density at radius 1 is 1.35 bits per heavy atom. The summed E-state index contributed by atoms with van der Waals surface area (Å²) in [6, 6.07) is 0. The Balaban J connectivity index is 1.95. The van der Waals surface area contributed by atoms with Crippen LogP contribution in [0, 0.1) is 0 Å². The molecule has 1 fully saturated rings. The maximum Gasteiger partial charge on any atom is 0.222 e. The van der Waals surface area contributed by atoms with E-state index in [0.29, 0.717) is 13.0 Å². The van der Waals surface area contributed by atoms with Crippen molar-refractivity contribution in [1.82, 2.24) is 15.1 Å². The van der Waals surface area contributed by atoms with E-state index >= 15 is 0 Å². The van der Waals surface area contributed by atoms with E-state index in [1.54, 1.807) is 0 Å². The molecule has 1 amide bonds. The molecule has 0 saturated carbocycles. The summed E-state index contributed by atoms with van der Waals surface area (Å²) < 4.78 is 0. The van der Waals surface area contributed by atoms with Crippen LogP contribution in [0.3, 0.4) is 0 Å². The Labute approximate surface area is 105 Å². The Morgan fingerprint density at radius 2 is 2.24 bits per heavy atom. The molecule has 2 heterocycles. The number of aromatic nitrogens is 2. The Kier molecular flexibility index (Phi) is 4.30. The van der Waals surface area contributed by atoms with Crippen molar-refractivity contribution >= 4 is 22.4 Å². The molecule has 0 unspecified atom stereocenters. The zero-order valence-corrected chi connectivity index (χ0v) is 10.9. The lowest BCUT2D eigenvalue weighted by molar-refractivity contribution is -0.131. The van der Waals surface area contributed by atoms with Crippen LogP contribution in [0.15, 0.2) is 0 Å². The fourth-order valence-corrected chi connectivity index (χ4v) is 2.73. The number of hydrogen-bond donors (Lipinski definition) is 1. The molecule has 0 aliphatic carbocycles. The van der Waals surface area contributed by atoms with Crippen molar-refractivity contribution in [1.29, 1.82) is 0 Å². The number of nitrogens with one attached hydrogen (secondary N) is 1. The van der Waals surface area contributed by atoms with E-state index in [2.05, 4.69) is 15.5 Å². The first-order valence-corrected chi connectivity index (χ1v) is 6.95. The van der Waals surface area contributed by atoms with Gasteiger partial charge in [0.05, 0.1) is 6.54 Å². The summed E-state index contributed by atoms with van der Waals surface area (Å²) in [5.74, 6) is 0.253. The third-order valence-electron chi connectivity index (χ3n) is 2.79. The molecule has 0 atom stereocenters. The highest BCUT2D eigenvalue weighted by Crippen LogP contribution is 2.19. The first-order valence-electron chi connectivity index (χ1n) is 6.13. The minimum Gasteiger partial charge on any atom is -0.360 e. The maximum atomic E-state index is 11.8. The number of anilines is 1. The highest BCUT2D eigenvalue weighted by Gasteiger charge is 2.18. The molecule has 5 nitrogen and oxygen atoms in total. The smallest absolute Gasteiger partial charge is 0.222 e. The predicted molar refractivity (Wildman–Crippen MR) is 68.0 cm³/mol. The minimum absolute atomic E-state index is 0.253. The van der Waals surface area contributed by atoms with Gasteiger partial charge in [0.2, 0.25) is 11.0 Å². The second kappa shape index (κ2) is 5.95. The first-order chi connectivity index (χ1) is 8.29. The van der Waals surface area contributed by atoms with Crippen molar-refractivity contribution in [3.63, 3.8) is 0 Å². The van der Waals surface area contributed by atoms with Gasteiger partial charge in [-0.25, -0.2) is 0 Å². The van der Waals surface area contributed by atoms with Gasteiger partial charge in [-0.15, -0.1) is 10.2 Å². The molecule has 0 spiro atoms. The highest BCUT2D eigenvalue weighted by atomic mass is 32.1. The molecule has 1 aliphatic heterocycles. The fourth-order valence-electron chi connectivity index (χ4n) is 1.91. The molecule has 0 bridgehead atoms. The van der Waals surface area contributed by atoms with Gasteiger partial charge in [0.15, 0.2) is 0 Å². The normalized spacial score (nSPS) is 17.0. The van der Waals surface area contributed by atoms with Gasteiger partial charge >= 0.3 is 0 Å². The summed E-state index contributed by atoms with van der Waals surface area (Å²) in [6.07, 6.45) is 3.96. The lowest BCUT2D eigenvalue weighted by Crippen LogP contribution is -2.29. The van der Waals surface area contributed by atoms with E-state index in [9.17, 15) is 4.79 Å². The molecule has 6 heteroatoms. The number of carbonyl (C=O) groups is 1. The van der Waals surface area contributed by atoms with Gasteiger partial charge in [-0.2, -0.15) is 0 Å². The molecule has 1 saturated heterocycles. The summed E-state index contributed by atoms with van der Waals surface area (Å²) in [7, 11) is 0. The van der Waals surface area contributed by atoms with E-state index in [1.807, 2.05) is 11.8 Å². The maximum absolute atomic E-state index is 11.8. The van der Waals surface area contributed by atoms with Crippen LogP contribution >= 0.6 is 11.3 Å². The molecular formula is C11H18N4OS. The lowest BCUT2D eigenvalue weighted by atomic mass is 10.2. The number of nitrogens with zero attached hydrogens (tertiary/aromatic N) is 3. The van der Waals surface area contributed by atoms with Crippen LogP contribution in [0.1, 0.15) is 37.6 Å². The number of amides is 1. The topological polar surface area (TPSA) is 58.1 Å².